The van der Waals surface area contributed by atoms with E-state index in [1.807, 2.05) is 27.7 Å². The highest BCUT2D eigenvalue weighted by Crippen LogP contribution is 2.26. The SMILES string of the molecule is CCCC(=O)NCCN(C(C)=O)c1c(C)cc(C)cc1C. The molecule has 0 saturated carbocycles. The van der Waals surface area contributed by atoms with Crippen LogP contribution in [0.3, 0.4) is 0 Å². The maximum absolute atomic E-state index is 11.9. The lowest BCUT2D eigenvalue weighted by molar-refractivity contribution is -0.121. The first-order valence-electron chi connectivity index (χ1n) is 7.49. The van der Waals surface area contributed by atoms with Crippen LogP contribution < -0.4 is 10.2 Å². The Bertz CT molecular complexity index is 501. The van der Waals surface area contributed by atoms with Crippen LogP contribution in [0.4, 0.5) is 5.69 Å². The van der Waals surface area contributed by atoms with Crippen LogP contribution in [0, 0.1) is 20.8 Å². The number of hydrogen-bond donors (Lipinski definition) is 1. The zero-order chi connectivity index (χ0) is 16.0. The van der Waals surface area contributed by atoms with Crippen molar-refractivity contribution in [3.8, 4) is 0 Å². The second kappa shape index (κ2) is 7.81. The van der Waals surface area contributed by atoms with Gasteiger partial charge in [0, 0.05) is 32.1 Å². The van der Waals surface area contributed by atoms with E-state index in [-0.39, 0.29) is 11.8 Å². The summed E-state index contributed by atoms with van der Waals surface area (Å²) >= 11 is 0. The summed E-state index contributed by atoms with van der Waals surface area (Å²) in [5.74, 6) is 0.0353. The molecule has 4 nitrogen and oxygen atoms in total. The molecule has 0 atom stereocenters. The molecule has 0 aliphatic heterocycles. The third-order valence-corrected chi connectivity index (χ3v) is 3.42. The predicted molar refractivity (Wildman–Crippen MR) is 86.6 cm³/mol. The second-order valence-corrected chi connectivity index (χ2v) is 5.52. The van der Waals surface area contributed by atoms with Crippen LogP contribution in [0.5, 0.6) is 0 Å². The van der Waals surface area contributed by atoms with E-state index in [1.165, 1.54) is 5.56 Å². The van der Waals surface area contributed by atoms with Crippen molar-refractivity contribution in [3.05, 3.63) is 28.8 Å². The molecule has 0 unspecified atom stereocenters. The number of hydrogen-bond acceptors (Lipinski definition) is 2. The average molecular weight is 290 g/mol. The number of aryl methyl sites for hydroxylation is 3. The number of nitrogens with zero attached hydrogens (tertiary/aromatic N) is 1. The van der Waals surface area contributed by atoms with Gasteiger partial charge in [0.1, 0.15) is 0 Å². The van der Waals surface area contributed by atoms with Crippen molar-refractivity contribution in [3.63, 3.8) is 0 Å². The Labute approximate surface area is 127 Å². The fraction of sp³-hybridized carbons (Fsp3) is 0.529. The highest BCUT2D eigenvalue weighted by molar-refractivity contribution is 5.93. The summed E-state index contributed by atoms with van der Waals surface area (Å²) in [5.41, 5.74) is 4.32. The van der Waals surface area contributed by atoms with Crippen LogP contribution in [0.1, 0.15) is 43.4 Å². The zero-order valence-electron chi connectivity index (χ0n) is 13.7. The number of nitrogens with one attached hydrogen (secondary N) is 1. The van der Waals surface area contributed by atoms with Crippen molar-refractivity contribution in [2.45, 2.75) is 47.5 Å². The van der Waals surface area contributed by atoms with Crippen molar-refractivity contribution in [1.29, 1.82) is 0 Å². The van der Waals surface area contributed by atoms with E-state index in [0.717, 1.165) is 23.2 Å². The smallest absolute Gasteiger partial charge is 0.223 e. The molecular formula is C17H26N2O2. The number of benzene rings is 1. The number of rotatable bonds is 6. The van der Waals surface area contributed by atoms with Gasteiger partial charge in [0.05, 0.1) is 0 Å². The maximum atomic E-state index is 11.9. The topological polar surface area (TPSA) is 49.4 Å². The van der Waals surface area contributed by atoms with Gasteiger partial charge in [-0.15, -0.1) is 0 Å². The minimum Gasteiger partial charge on any atom is -0.354 e. The van der Waals surface area contributed by atoms with E-state index in [0.29, 0.717) is 19.5 Å². The van der Waals surface area contributed by atoms with Crippen LogP contribution in [0.2, 0.25) is 0 Å². The molecule has 21 heavy (non-hydrogen) atoms. The summed E-state index contributed by atoms with van der Waals surface area (Å²) in [6, 6.07) is 4.15. The summed E-state index contributed by atoms with van der Waals surface area (Å²) in [7, 11) is 0. The van der Waals surface area contributed by atoms with Crippen molar-refractivity contribution in [2.24, 2.45) is 0 Å². The van der Waals surface area contributed by atoms with Crippen LogP contribution in [-0.2, 0) is 9.59 Å². The quantitative estimate of drug-likeness (QED) is 0.876. The normalized spacial score (nSPS) is 10.3. The van der Waals surface area contributed by atoms with Gasteiger partial charge >= 0.3 is 0 Å². The number of carbonyl (C=O) groups excluding carboxylic acids is 2. The Morgan fingerprint density at radius 2 is 1.71 bits per heavy atom. The van der Waals surface area contributed by atoms with Crippen LogP contribution in [0.25, 0.3) is 0 Å². The van der Waals surface area contributed by atoms with Crippen LogP contribution in [0.15, 0.2) is 12.1 Å². The van der Waals surface area contributed by atoms with E-state index in [2.05, 4.69) is 17.4 Å². The van der Waals surface area contributed by atoms with Gasteiger partial charge in [-0.25, -0.2) is 0 Å². The molecule has 0 saturated heterocycles. The third-order valence-electron chi connectivity index (χ3n) is 3.42. The van der Waals surface area contributed by atoms with Gasteiger partial charge in [0.25, 0.3) is 0 Å². The molecule has 1 N–H and O–H groups in total. The summed E-state index contributed by atoms with van der Waals surface area (Å²) in [4.78, 5) is 25.2. The molecule has 2 amide bonds. The molecule has 0 bridgehead atoms. The second-order valence-electron chi connectivity index (χ2n) is 5.52. The van der Waals surface area contributed by atoms with Gasteiger partial charge < -0.3 is 10.2 Å². The number of anilines is 1. The standard InChI is InChI=1S/C17H26N2O2/c1-6-7-16(21)18-8-9-19(15(5)20)17-13(3)10-12(2)11-14(17)4/h10-11H,6-9H2,1-5H3,(H,18,21). The summed E-state index contributed by atoms with van der Waals surface area (Å²) in [6.45, 7) is 10.6. The van der Waals surface area contributed by atoms with Crippen LogP contribution >= 0.6 is 0 Å². The fourth-order valence-corrected chi connectivity index (χ4v) is 2.65. The monoisotopic (exact) mass is 290 g/mol. The van der Waals surface area contributed by atoms with E-state index in [4.69, 9.17) is 0 Å². The van der Waals surface area contributed by atoms with E-state index < -0.39 is 0 Å². The predicted octanol–water partition coefficient (Wildman–Crippen LogP) is 2.88. The Hall–Kier alpha value is -1.84. The van der Waals surface area contributed by atoms with Crippen LogP contribution in [-0.4, -0.2) is 24.9 Å². The van der Waals surface area contributed by atoms with Crippen molar-refractivity contribution < 1.29 is 9.59 Å². The van der Waals surface area contributed by atoms with E-state index >= 15 is 0 Å². The molecule has 0 aromatic heterocycles. The first kappa shape index (κ1) is 17.2. The van der Waals surface area contributed by atoms with Gasteiger partial charge in [-0.3, -0.25) is 9.59 Å². The average Bonchev–Trinajstić information content (AvgIpc) is 2.35. The molecule has 1 rings (SSSR count). The number of amides is 2. The van der Waals surface area contributed by atoms with Gasteiger partial charge in [-0.1, -0.05) is 24.6 Å². The van der Waals surface area contributed by atoms with Gasteiger partial charge in [0.2, 0.25) is 11.8 Å². The van der Waals surface area contributed by atoms with Crippen molar-refractivity contribution >= 4 is 17.5 Å². The van der Waals surface area contributed by atoms with Crippen molar-refractivity contribution in [2.75, 3.05) is 18.0 Å². The molecule has 0 spiro atoms. The highest BCUT2D eigenvalue weighted by Gasteiger charge is 2.16. The van der Waals surface area contributed by atoms with Crippen molar-refractivity contribution in [1.82, 2.24) is 5.32 Å². The van der Waals surface area contributed by atoms with Gasteiger partial charge in [-0.2, -0.15) is 0 Å². The summed E-state index contributed by atoms with van der Waals surface area (Å²) < 4.78 is 0. The molecule has 0 aliphatic rings. The lowest BCUT2D eigenvalue weighted by atomic mass is 10.0. The Morgan fingerprint density at radius 3 is 2.19 bits per heavy atom. The zero-order valence-corrected chi connectivity index (χ0v) is 13.7. The highest BCUT2D eigenvalue weighted by atomic mass is 16.2. The molecule has 1 aromatic carbocycles. The third kappa shape index (κ3) is 4.88. The fourth-order valence-electron chi connectivity index (χ4n) is 2.65. The van der Waals surface area contributed by atoms with E-state index in [1.54, 1.807) is 11.8 Å². The lowest BCUT2D eigenvalue weighted by Crippen LogP contribution is -2.38. The molecule has 0 aliphatic carbocycles. The number of carbonyl (C=O) groups is 2. The van der Waals surface area contributed by atoms with Gasteiger partial charge in [-0.05, 0) is 38.3 Å². The van der Waals surface area contributed by atoms with Gasteiger partial charge in [0.15, 0.2) is 0 Å². The minimum absolute atomic E-state index is 0.00482. The van der Waals surface area contributed by atoms with E-state index in [9.17, 15) is 9.59 Å². The molecule has 116 valence electrons. The Balaban J connectivity index is 2.84. The largest absolute Gasteiger partial charge is 0.354 e. The molecular weight excluding hydrogens is 264 g/mol. The molecule has 4 heteroatoms. The summed E-state index contributed by atoms with van der Waals surface area (Å²) in [6.07, 6.45) is 1.36. The first-order valence-corrected chi connectivity index (χ1v) is 7.49. The Morgan fingerprint density at radius 1 is 1.14 bits per heavy atom. The molecule has 1 aromatic rings. The molecule has 0 heterocycles. The minimum atomic E-state index is -0.00482. The molecule has 0 radical (unpaired) electrons. The lowest BCUT2D eigenvalue weighted by Gasteiger charge is -2.25. The Kier molecular flexibility index (Phi) is 6.40. The summed E-state index contributed by atoms with van der Waals surface area (Å²) in [5, 5.41) is 2.86. The first-order chi connectivity index (χ1) is 9.86. The maximum Gasteiger partial charge on any atom is 0.223 e. The molecule has 0 fully saturated rings.